The molecule has 0 atom stereocenters. The number of anilines is 2. The second kappa shape index (κ2) is 14.9. The third-order valence-corrected chi connectivity index (χ3v) is 8.23. The van der Waals surface area contributed by atoms with Gasteiger partial charge in [0.2, 0.25) is 0 Å². The van der Waals surface area contributed by atoms with E-state index in [9.17, 15) is 0 Å². The van der Waals surface area contributed by atoms with Crippen LogP contribution in [-0.4, -0.2) is 7.11 Å². The second-order valence-corrected chi connectivity index (χ2v) is 11.6. The minimum atomic E-state index is 0.828. The Kier molecular flexibility index (Phi) is 9.90. The number of rotatable bonds is 10. The highest BCUT2D eigenvalue weighted by atomic mass is 16.5. The number of benzene rings is 6. The number of methoxy groups -OCH3 is 1. The first kappa shape index (κ1) is 31.1. The fourth-order valence-electron chi connectivity index (χ4n) is 5.55. The van der Waals surface area contributed by atoms with Gasteiger partial charge in [-0.25, -0.2) is 0 Å². The smallest absolute Gasteiger partial charge is 0.119 e. The van der Waals surface area contributed by atoms with E-state index in [2.05, 4.69) is 189 Å². The Hall–Kier alpha value is -5.86. The standard InChI is InChI=1S/C45H39NO/c1-34-17-23-39(24-18-34)45(40-25-19-35(2)20-26-40)33-46(42-29-31-43(47-3)32-30-42)41-27-21-36(22-28-41)11-10-16-44(37-12-6-4-7-13-37)38-14-8-5-9-15-38/h4-33H,1-3H3. The SMILES string of the molecule is COc1ccc(N(C=C(c2ccc(C)cc2)c2ccc(C)cc2)c2ccc(C=CC=C(c3ccccc3)c3ccccc3)cc2)cc1. The molecule has 2 heteroatoms. The molecule has 0 spiro atoms. The zero-order chi connectivity index (χ0) is 32.4. The lowest BCUT2D eigenvalue weighted by atomic mass is 9.96. The van der Waals surface area contributed by atoms with Gasteiger partial charge in [-0.3, -0.25) is 0 Å². The number of nitrogens with zero attached hydrogens (tertiary/aromatic N) is 1. The molecule has 0 radical (unpaired) electrons. The summed E-state index contributed by atoms with van der Waals surface area (Å²) in [6.07, 6.45) is 8.74. The molecule has 0 saturated carbocycles. The molecule has 47 heavy (non-hydrogen) atoms. The molecule has 0 aromatic heterocycles. The zero-order valence-electron chi connectivity index (χ0n) is 27.2. The van der Waals surface area contributed by atoms with E-state index in [-0.39, 0.29) is 0 Å². The highest BCUT2D eigenvalue weighted by Crippen LogP contribution is 2.33. The normalized spacial score (nSPS) is 10.8. The van der Waals surface area contributed by atoms with Gasteiger partial charge in [0.05, 0.1) is 7.11 Å². The minimum Gasteiger partial charge on any atom is -0.497 e. The Morgan fingerprint density at radius 1 is 0.489 bits per heavy atom. The zero-order valence-corrected chi connectivity index (χ0v) is 27.2. The van der Waals surface area contributed by atoms with Crippen molar-refractivity contribution in [2.45, 2.75) is 13.8 Å². The van der Waals surface area contributed by atoms with Gasteiger partial charge in [-0.1, -0.05) is 151 Å². The number of hydrogen-bond acceptors (Lipinski definition) is 2. The quantitative estimate of drug-likeness (QED) is 0.143. The van der Waals surface area contributed by atoms with Crippen molar-refractivity contribution in [1.29, 1.82) is 0 Å². The van der Waals surface area contributed by atoms with Gasteiger partial charge in [0, 0.05) is 23.1 Å². The van der Waals surface area contributed by atoms with Crippen molar-refractivity contribution in [2.24, 2.45) is 0 Å². The molecule has 0 amide bonds. The molecule has 0 heterocycles. The number of aryl methyl sites for hydroxylation is 2. The van der Waals surface area contributed by atoms with Crippen LogP contribution in [0.15, 0.2) is 176 Å². The molecular weight excluding hydrogens is 571 g/mol. The van der Waals surface area contributed by atoms with Gasteiger partial charge in [0.1, 0.15) is 5.75 Å². The summed E-state index contributed by atoms with van der Waals surface area (Å²) >= 11 is 0. The van der Waals surface area contributed by atoms with Crippen LogP contribution in [-0.2, 0) is 0 Å². The fraction of sp³-hybridized carbons (Fsp3) is 0.0667. The maximum absolute atomic E-state index is 5.48. The molecule has 0 fully saturated rings. The molecule has 6 rings (SSSR count). The van der Waals surface area contributed by atoms with Crippen molar-refractivity contribution in [1.82, 2.24) is 0 Å². The van der Waals surface area contributed by atoms with Gasteiger partial charge >= 0.3 is 0 Å². The van der Waals surface area contributed by atoms with Crippen LogP contribution in [0.5, 0.6) is 5.75 Å². The van der Waals surface area contributed by atoms with Crippen LogP contribution in [0.1, 0.15) is 38.9 Å². The molecule has 0 aliphatic rings. The molecular formula is C45H39NO. The van der Waals surface area contributed by atoms with Crippen molar-refractivity contribution >= 4 is 28.6 Å². The predicted molar refractivity (Wildman–Crippen MR) is 200 cm³/mol. The van der Waals surface area contributed by atoms with E-state index in [0.29, 0.717) is 0 Å². The Balaban J connectivity index is 1.37. The van der Waals surface area contributed by atoms with Gasteiger partial charge < -0.3 is 9.64 Å². The Labute approximate surface area is 279 Å². The minimum absolute atomic E-state index is 0.828. The predicted octanol–water partition coefficient (Wildman–Crippen LogP) is 11.7. The molecule has 6 aromatic rings. The first-order valence-electron chi connectivity index (χ1n) is 16.0. The van der Waals surface area contributed by atoms with Crippen LogP contribution >= 0.6 is 0 Å². The summed E-state index contributed by atoms with van der Waals surface area (Å²) in [5.74, 6) is 0.828. The van der Waals surface area contributed by atoms with Crippen LogP contribution in [0.4, 0.5) is 11.4 Å². The number of hydrogen-bond donors (Lipinski definition) is 0. The second-order valence-electron chi connectivity index (χ2n) is 11.6. The Morgan fingerprint density at radius 2 is 0.936 bits per heavy atom. The van der Waals surface area contributed by atoms with Crippen LogP contribution in [0.2, 0.25) is 0 Å². The summed E-state index contributed by atoms with van der Waals surface area (Å²) in [5, 5.41) is 0. The van der Waals surface area contributed by atoms with Gasteiger partial charge in [0.15, 0.2) is 0 Å². The molecule has 0 saturated heterocycles. The van der Waals surface area contributed by atoms with Gasteiger partial charge in [-0.05, 0) is 83.6 Å². The molecule has 230 valence electrons. The van der Waals surface area contributed by atoms with E-state index in [0.717, 1.165) is 39.4 Å². The van der Waals surface area contributed by atoms with E-state index in [4.69, 9.17) is 4.74 Å². The van der Waals surface area contributed by atoms with Crippen LogP contribution in [0, 0.1) is 13.8 Å². The first-order chi connectivity index (χ1) is 23.1. The first-order valence-corrected chi connectivity index (χ1v) is 16.0. The van der Waals surface area contributed by atoms with E-state index >= 15 is 0 Å². The molecule has 0 unspecified atom stereocenters. The average Bonchev–Trinajstić information content (AvgIpc) is 3.13. The lowest BCUT2D eigenvalue weighted by Crippen LogP contribution is -2.10. The summed E-state index contributed by atoms with van der Waals surface area (Å²) in [6, 6.07) is 55.5. The van der Waals surface area contributed by atoms with Crippen LogP contribution in [0.3, 0.4) is 0 Å². The third-order valence-electron chi connectivity index (χ3n) is 8.23. The average molecular weight is 610 g/mol. The molecule has 6 aromatic carbocycles. The maximum Gasteiger partial charge on any atom is 0.119 e. The highest BCUT2D eigenvalue weighted by molar-refractivity contribution is 5.85. The van der Waals surface area contributed by atoms with Crippen molar-refractivity contribution in [2.75, 3.05) is 12.0 Å². The monoisotopic (exact) mass is 609 g/mol. The van der Waals surface area contributed by atoms with Crippen molar-refractivity contribution in [3.05, 3.63) is 215 Å². The molecule has 2 nitrogen and oxygen atoms in total. The largest absolute Gasteiger partial charge is 0.497 e. The van der Waals surface area contributed by atoms with Crippen molar-refractivity contribution in [3.63, 3.8) is 0 Å². The summed E-state index contributed by atoms with van der Waals surface area (Å²) in [7, 11) is 1.70. The Bertz CT molecular complexity index is 1880. The highest BCUT2D eigenvalue weighted by Gasteiger charge is 2.13. The van der Waals surface area contributed by atoms with E-state index in [1.54, 1.807) is 7.11 Å². The molecule has 0 aliphatic heterocycles. The lowest BCUT2D eigenvalue weighted by Gasteiger charge is -2.24. The van der Waals surface area contributed by atoms with Crippen molar-refractivity contribution < 1.29 is 4.74 Å². The van der Waals surface area contributed by atoms with E-state index in [1.165, 1.54) is 27.8 Å². The van der Waals surface area contributed by atoms with Gasteiger partial charge in [0.25, 0.3) is 0 Å². The van der Waals surface area contributed by atoms with Crippen molar-refractivity contribution in [3.8, 4) is 5.75 Å². The lowest BCUT2D eigenvalue weighted by molar-refractivity contribution is 0.415. The summed E-state index contributed by atoms with van der Waals surface area (Å²) in [6.45, 7) is 4.25. The van der Waals surface area contributed by atoms with Gasteiger partial charge in [-0.2, -0.15) is 0 Å². The molecule has 0 bridgehead atoms. The summed E-state index contributed by atoms with van der Waals surface area (Å²) in [4.78, 5) is 2.25. The number of allylic oxidation sites excluding steroid dienone is 2. The topological polar surface area (TPSA) is 12.5 Å². The summed E-state index contributed by atoms with van der Waals surface area (Å²) < 4.78 is 5.48. The number of ether oxygens (including phenoxy) is 1. The summed E-state index contributed by atoms with van der Waals surface area (Å²) in [5.41, 5.74) is 12.8. The Morgan fingerprint density at radius 3 is 1.40 bits per heavy atom. The molecule has 0 N–H and O–H groups in total. The fourth-order valence-corrected chi connectivity index (χ4v) is 5.55. The van der Waals surface area contributed by atoms with E-state index in [1.807, 2.05) is 12.1 Å². The van der Waals surface area contributed by atoms with Crippen LogP contribution in [0.25, 0.3) is 17.2 Å². The third kappa shape index (κ3) is 7.87. The maximum atomic E-state index is 5.48. The van der Waals surface area contributed by atoms with E-state index < -0.39 is 0 Å². The van der Waals surface area contributed by atoms with Gasteiger partial charge in [-0.15, -0.1) is 0 Å². The molecule has 0 aliphatic carbocycles. The van der Waals surface area contributed by atoms with Crippen LogP contribution < -0.4 is 9.64 Å².